The third kappa shape index (κ3) is 4.87. The number of ether oxygens (including phenoxy) is 2. The van der Waals surface area contributed by atoms with Gasteiger partial charge >= 0.3 is 0 Å². The number of aryl methyl sites for hydroxylation is 1. The van der Waals surface area contributed by atoms with Crippen LogP contribution in [0.2, 0.25) is 0 Å². The molecule has 1 aromatic heterocycles. The molecule has 34 heavy (non-hydrogen) atoms. The Bertz CT molecular complexity index is 1200. The Hall–Kier alpha value is -3.50. The van der Waals surface area contributed by atoms with Crippen LogP contribution in [0.3, 0.4) is 0 Å². The summed E-state index contributed by atoms with van der Waals surface area (Å²) in [6.45, 7) is 6.73. The van der Waals surface area contributed by atoms with E-state index in [4.69, 9.17) is 15.2 Å². The molecule has 0 radical (unpaired) electrons. The average molecular weight is 469 g/mol. The maximum atomic E-state index is 14.6. The molecule has 10 heteroatoms. The number of anilines is 3. The van der Waals surface area contributed by atoms with E-state index in [0.717, 1.165) is 44.0 Å². The summed E-state index contributed by atoms with van der Waals surface area (Å²) >= 11 is 0. The number of carbonyl (C=O) groups excluding carboxylic acids is 1. The maximum absolute atomic E-state index is 14.6. The molecule has 3 aromatic rings. The van der Waals surface area contributed by atoms with Gasteiger partial charge in [-0.05, 0) is 30.7 Å². The molecule has 4 rings (SSSR count). The fourth-order valence-electron chi connectivity index (χ4n) is 4.12. The van der Waals surface area contributed by atoms with Crippen molar-refractivity contribution in [3.05, 3.63) is 47.4 Å². The molecule has 0 saturated carbocycles. The number of hydrogen-bond acceptors (Lipinski definition) is 8. The summed E-state index contributed by atoms with van der Waals surface area (Å²) in [5.41, 5.74) is 8.19. The molecule has 1 fully saturated rings. The van der Waals surface area contributed by atoms with Gasteiger partial charge in [-0.1, -0.05) is 6.07 Å². The number of rotatable bonds is 8. The number of hydrogen-bond donors (Lipinski definition) is 2. The Morgan fingerprint density at radius 2 is 1.91 bits per heavy atom. The molecule has 2 heterocycles. The molecule has 180 valence electrons. The quantitative estimate of drug-likeness (QED) is 0.520. The Kier molecular flexibility index (Phi) is 7.09. The number of piperazine rings is 1. The summed E-state index contributed by atoms with van der Waals surface area (Å²) in [5.74, 6) is -0.554. The molecule has 0 spiro atoms. The summed E-state index contributed by atoms with van der Waals surface area (Å²) in [5, 5.41) is 11.8. The molecule has 3 N–H and O–H groups in total. The monoisotopic (exact) mass is 468 g/mol. The van der Waals surface area contributed by atoms with E-state index in [9.17, 15) is 9.18 Å². The van der Waals surface area contributed by atoms with Crippen LogP contribution in [0.1, 0.15) is 16.1 Å². The first kappa shape index (κ1) is 23.7. The summed E-state index contributed by atoms with van der Waals surface area (Å²) < 4.78 is 25.5. The molecule has 9 nitrogen and oxygen atoms in total. The van der Waals surface area contributed by atoms with E-state index in [1.165, 1.54) is 6.07 Å². The van der Waals surface area contributed by atoms with Gasteiger partial charge in [0.25, 0.3) is 5.91 Å². The van der Waals surface area contributed by atoms with Crippen molar-refractivity contribution < 1.29 is 18.7 Å². The first-order valence-electron chi connectivity index (χ1n) is 11.1. The summed E-state index contributed by atoms with van der Waals surface area (Å²) in [7, 11) is 3.30. The Morgan fingerprint density at radius 3 is 2.56 bits per heavy atom. The minimum absolute atomic E-state index is 0.0621. The number of primary amides is 1. The third-order valence-electron chi connectivity index (χ3n) is 6.00. The predicted molar refractivity (Wildman–Crippen MR) is 130 cm³/mol. The van der Waals surface area contributed by atoms with Crippen molar-refractivity contribution in [3.63, 3.8) is 0 Å². The second-order valence-corrected chi connectivity index (χ2v) is 8.26. The van der Waals surface area contributed by atoms with Crippen LogP contribution in [-0.2, 0) is 4.74 Å². The lowest BCUT2D eigenvalue weighted by Crippen LogP contribution is -2.47. The summed E-state index contributed by atoms with van der Waals surface area (Å²) in [4.78, 5) is 16.7. The number of benzene rings is 2. The zero-order valence-corrected chi connectivity index (χ0v) is 19.6. The number of fused-ring (bicyclic) bond motifs is 1. The van der Waals surface area contributed by atoms with Crippen molar-refractivity contribution in [3.8, 4) is 5.75 Å². The van der Waals surface area contributed by atoms with Crippen LogP contribution in [-0.4, -0.2) is 74.6 Å². The van der Waals surface area contributed by atoms with Gasteiger partial charge < -0.3 is 25.4 Å². The minimum atomic E-state index is -0.756. The first-order valence-corrected chi connectivity index (χ1v) is 11.1. The maximum Gasteiger partial charge on any atom is 0.271 e. The SMILES string of the molecule is COCCN1CCN(c2cc3c(Nc4ccc(C)cc4F)c(C(N)=O)nnc3cc2OC)CC1. The number of nitrogens with zero attached hydrogens (tertiary/aromatic N) is 4. The topological polar surface area (TPSA) is 106 Å². The van der Waals surface area contributed by atoms with Crippen LogP contribution in [0.15, 0.2) is 30.3 Å². The zero-order chi connectivity index (χ0) is 24.2. The molecule has 2 aromatic carbocycles. The number of halogens is 1. The van der Waals surface area contributed by atoms with E-state index < -0.39 is 11.7 Å². The molecule has 0 atom stereocenters. The Balaban J connectivity index is 1.76. The first-order chi connectivity index (χ1) is 16.4. The molecular formula is C24H29FN6O3. The van der Waals surface area contributed by atoms with Gasteiger partial charge in [-0.25, -0.2) is 4.39 Å². The molecule has 1 saturated heterocycles. The van der Waals surface area contributed by atoms with E-state index in [-0.39, 0.29) is 11.4 Å². The smallest absolute Gasteiger partial charge is 0.271 e. The molecule has 0 aliphatic carbocycles. The highest BCUT2D eigenvalue weighted by Crippen LogP contribution is 2.37. The Morgan fingerprint density at radius 1 is 1.15 bits per heavy atom. The van der Waals surface area contributed by atoms with E-state index in [1.54, 1.807) is 39.3 Å². The molecule has 1 aliphatic rings. The van der Waals surface area contributed by atoms with Crippen molar-refractivity contribution in [1.82, 2.24) is 15.1 Å². The van der Waals surface area contributed by atoms with Crippen molar-refractivity contribution in [2.24, 2.45) is 5.73 Å². The van der Waals surface area contributed by atoms with Crippen LogP contribution in [0.25, 0.3) is 10.9 Å². The van der Waals surface area contributed by atoms with Gasteiger partial charge in [-0.15, -0.1) is 10.2 Å². The molecule has 0 bridgehead atoms. The number of aromatic nitrogens is 2. The highest BCUT2D eigenvalue weighted by molar-refractivity contribution is 6.07. The predicted octanol–water partition coefficient (Wildman–Crippen LogP) is 2.70. The van der Waals surface area contributed by atoms with Crippen LogP contribution in [0.4, 0.5) is 21.5 Å². The number of amides is 1. The number of nitrogens with one attached hydrogen (secondary N) is 1. The lowest BCUT2D eigenvalue weighted by Gasteiger charge is -2.36. The van der Waals surface area contributed by atoms with Crippen LogP contribution in [0.5, 0.6) is 5.75 Å². The van der Waals surface area contributed by atoms with Gasteiger partial charge in [0.15, 0.2) is 5.69 Å². The average Bonchev–Trinajstić information content (AvgIpc) is 2.83. The minimum Gasteiger partial charge on any atom is -0.495 e. The normalized spacial score (nSPS) is 14.4. The molecule has 1 aliphatic heterocycles. The highest BCUT2D eigenvalue weighted by atomic mass is 19.1. The van der Waals surface area contributed by atoms with E-state index in [1.807, 2.05) is 6.07 Å². The standard InChI is InChI=1S/C24H29FN6O3/c1-15-4-5-18(17(25)12-15)27-22-16-13-20(31-8-6-30(7-9-31)10-11-33-2)21(34-3)14-19(16)28-29-23(22)24(26)32/h4-5,12-14H,6-11H2,1-3H3,(H2,26,32)(H,27,28). The number of carbonyl (C=O) groups is 1. The largest absolute Gasteiger partial charge is 0.495 e. The van der Waals surface area contributed by atoms with Crippen molar-refractivity contribution in [2.45, 2.75) is 6.92 Å². The van der Waals surface area contributed by atoms with Gasteiger partial charge in [-0.3, -0.25) is 9.69 Å². The fourth-order valence-corrected chi connectivity index (χ4v) is 4.12. The second kappa shape index (κ2) is 10.2. The van der Waals surface area contributed by atoms with Crippen molar-refractivity contribution >= 4 is 33.9 Å². The van der Waals surface area contributed by atoms with Gasteiger partial charge in [0.05, 0.1) is 36.3 Å². The van der Waals surface area contributed by atoms with Gasteiger partial charge in [-0.2, -0.15) is 0 Å². The van der Waals surface area contributed by atoms with Gasteiger partial charge in [0, 0.05) is 51.3 Å². The second-order valence-electron chi connectivity index (χ2n) is 8.26. The van der Waals surface area contributed by atoms with E-state index >= 15 is 0 Å². The summed E-state index contributed by atoms with van der Waals surface area (Å²) in [6.07, 6.45) is 0. The lowest BCUT2D eigenvalue weighted by atomic mass is 10.1. The molecular weight excluding hydrogens is 439 g/mol. The van der Waals surface area contributed by atoms with Crippen LogP contribution in [0, 0.1) is 12.7 Å². The van der Waals surface area contributed by atoms with Crippen LogP contribution >= 0.6 is 0 Å². The molecule has 1 amide bonds. The van der Waals surface area contributed by atoms with Gasteiger partial charge in [0.2, 0.25) is 0 Å². The molecule has 0 unspecified atom stereocenters. The number of nitrogens with two attached hydrogens (primary N) is 1. The Labute approximate surface area is 197 Å². The summed E-state index contributed by atoms with van der Waals surface area (Å²) in [6, 6.07) is 8.49. The zero-order valence-electron chi connectivity index (χ0n) is 19.6. The fraction of sp³-hybridized carbons (Fsp3) is 0.375. The third-order valence-corrected chi connectivity index (χ3v) is 6.00. The van der Waals surface area contributed by atoms with Crippen molar-refractivity contribution in [1.29, 1.82) is 0 Å². The lowest BCUT2D eigenvalue weighted by molar-refractivity contribution is 0.0995. The van der Waals surface area contributed by atoms with E-state index in [0.29, 0.717) is 28.9 Å². The van der Waals surface area contributed by atoms with Crippen molar-refractivity contribution in [2.75, 3.05) is 63.8 Å². The van der Waals surface area contributed by atoms with Crippen LogP contribution < -0.4 is 20.7 Å². The number of methoxy groups -OCH3 is 2. The van der Waals surface area contributed by atoms with Gasteiger partial charge in [0.1, 0.15) is 11.6 Å². The highest BCUT2D eigenvalue weighted by Gasteiger charge is 2.23. The van der Waals surface area contributed by atoms with E-state index in [2.05, 4.69) is 25.3 Å².